The molecule has 0 amide bonds. The summed E-state index contributed by atoms with van der Waals surface area (Å²) in [4.78, 5) is 38.3. The van der Waals surface area contributed by atoms with E-state index in [-0.39, 0.29) is 31.6 Å². The van der Waals surface area contributed by atoms with E-state index >= 15 is 0 Å². The maximum Gasteiger partial charge on any atom is 0.309 e. The van der Waals surface area contributed by atoms with E-state index in [4.69, 9.17) is 14.2 Å². The second kappa shape index (κ2) is 69.0. The van der Waals surface area contributed by atoms with Crippen molar-refractivity contribution in [1.29, 1.82) is 0 Å². The Labute approximate surface area is 510 Å². The quantitative estimate of drug-likeness (QED) is 0.0261. The minimum atomic E-state index is -0.836. The summed E-state index contributed by atoms with van der Waals surface area (Å²) in [5.74, 6) is -1.07. The summed E-state index contributed by atoms with van der Waals surface area (Å²) in [6.07, 6.45) is 104. The van der Waals surface area contributed by atoms with Gasteiger partial charge in [0.1, 0.15) is 13.2 Å². The summed E-state index contributed by atoms with van der Waals surface area (Å²) in [5, 5.41) is 0. The van der Waals surface area contributed by atoms with Crippen LogP contribution in [-0.2, 0) is 28.6 Å². The molecule has 0 aliphatic rings. The first-order valence-electron chi connectivity index (χ1n) is 33.3. The third kappa shape index (κ3) is 67.2. The average Bonchev–Trinajstić information content (AvgIpc) is 3.49. The number of carbonyl (C=O) groups is 3. The van der Waals surface area contributed by atoms with Gasteiger partial charge in [0.2, 0.25) is 0 Å². The Balaban J connectivity index is 4.47. The highest BCUT2D eigenvalue weighted by molar-refractivity contribution is 5.72. The molecule has 0 aromatic heterocycles. The summed E-state index contributed by atoms with van der Waals surface area (Å²) in [5.41, 5.74) is 0. The van der Waals surface area contributed by atoms with Crippen molar-refractivity contribution in [3.8, 4) is 0 Å². The van der Waals surface area contributed by atoms with Gasteiger partial charge in [-0.25, -0.2) is 0 Å². The van der Waals surface area contributed by atoms with Crippen LogP contribution >= 0.6 is 0 Å². The molecule has 0 aromatic rings. The smallest absolute Gasteiger partial charge is 0.309 e. The van der Waals surface area contributed by atoms with Crippen molar-refractivity contribution in [3.63, 3.8) is 0 Å². The Kier molecular flexibility index (Phi) is 64.4. The number of unbranched alkanes of at least 4 members (excludes halogenated alkanes) is 18. The molecule has 0 aliphatic heterocycles. The van der Waals surface area contributed by atoms with Gasteiger partial charge >= 0.3 is 17.9 Å². The zero-order valence-corrected chi connectivity index (χ0v) is 53.1. The van der Waals surface area contributed by atoms with Gasteiger partial charge in [-0.1, -0.05) is 293 Å². The molecule has 464 valence electrons. The van der Waals surface area contributed by atoms with Gasteiger partial charge in [-0.15, -0.1) is 0 Å². The molecule has 0 aromatic carbocycles. The number of carbonyl (C=O) groups excluding carboxylic acids is 3. The highest BCUT2D eigenvalue weighted by atomic mass is 16.6. The molecule has 0 N–H and O–H groups in total. The van der Waals surface area contributed by atoms with Crippen LogP contribution in [0.2, 0.25) is 0 Å². The molecular weight excluding hydrogens is 1020 g/mol. The van der Waals surface area contributed by atoms with Crippen molar-refractivity contribution in [2.75, 3.05) is 13.2 Å². The molecule has 0 bridgehead atoms. The van der Waals surface area contributed by atoms with E-state index in [2.05, 4.69) is 191 Å². The summed E-state index contributed by atoms with van der Waals surface area (Å²) in [7, 11) is 0. The lowest BCUT2D eigenvalue weighted by Crippen LogP contribution is -2.30. The zero-order valence-electron chi connectivity index (χ0n) is 53.1. The minimum absolute atomic E-state index is 0.116. The molecule has 0 spiro atoms. The van der Waals surface area contributed by atoms with Crippen LogP contribution in [0.4, 0.5) is 0 Å². The molecular formula is C77H120O6. The van der Waals surface area contributed by atoms with Crippen LogP contribution in [0.1, 0.15) is 265 Å². The lowest BCUT2D eigenvalue weighted by atomic mass is 10.0. The highest BCUT2D eigenvalue weighted by Crippen LogP contribution is 2.15. The summed E-state index contributed by atoms with van der Waals surface area (Å²) < 4.78 is 16.8. The SMILES string of the molecule is CC/C=C\C/C=C\C/C=C\C/C=C\C/C=C\C/C=C\CCCCCCCCCCC(=O)OCC(COC(=O)C/C=C\C/C=C\C/C=C\C/C=C\C/C=C\CC)OC(=O)CCCCCCCCCCCC/C=C\C/C=C\C/C=C\C/C=C\CC. The normalized spacial score (nSPS) is 13.3. The van der Waals surface area contributed by atoms with Crippen LogP contribution in [0, 0.1) is 0 Å². The van der Waals surface area contributed by atoms with Crippen molar-refractivity contribution in [3.05, 3.63) is 182 Å². The largest absolute Gasteiger partial charge is 0.462 e. The first kappa shape index (κ1) is 77.5. The van der Waals surface area contributed by atoms with Crippen molar-refractivity contribution in [1.82, 2.24) is 0 Å². The zero-order chi connectivity index (χ0) is 59.9. The van der Waals surface area contributed by atoms with Gasteiger partial charge in [0.05, 0.1) is 6.42 Å². The number of ether oxygens (including phenoxy) is 3. The number of esters is 3. The maximum absolute atomic E-state index is 12.9. The van der Waals surface area contributed by atoms with Crippen molar-refractivity contribution < 1.29 is 28.6 Å². The minimum Gasteiger partial charge on any atom is -0.462 e. The Hall–Kier alpha value is -5.49. The van der Waals surface area contributed by atoms with E-state index in [1.54, 1.807) is 6.08 Å². The van der Waals surface area contributed by atoms with Gasteiger partial charge in [-0.2, -0.15) is 0 Å². The standard InChI is InChI=1S/C77H120O6/c1-4-7-10-13-16-19-22-25-28-30-32-34-36-37-38-39-41-42-44-46-49-52-55-58-61-64-67-70-76(79)82-73-74(72-81-75(78)69-66-63-60-57-54-51-48-27-24-21-18-15-12-9-6-3)83-77(80)71-68-65-62-59-56-53-50-47-45-43-40-35-33-31-29-26-23-20-17-14-11-8-5-2/h7-12,16-21,25-29,32-35,37-38,41-42,48,54,57,63,66,74H,4-6,13-15,22-24,30-31,36,39-40,43-47,49-53,55-56,58-62,64-65,67-73H2,1-3H3/b10-7-,11-8-,12-9-,19-16-,20-17-,21-18-,28-25-,29-26-,34-32-,35-33-,38-37-,42-41-,48-27-,57-54-,66-63-. The fraction of sp³-hybridized carbons (Fsp3) is 0.571. The van der Waals surface area contributed by atoms with Gasteiger partial charge in [-0.05, 0) is 135 Å². The van der Waals surface area contributed by atoms with Crippen LogP contribution in [0.5, 0.6) is 0 Å². The van der Waals surface area contributed by atoms with Crippen LogP contribution in [0.15, 0.2) is 182 Å². The molecule has 1 unspecified atom stereocenters. The summed E-state index contributed by atoms with van der Waals surface area (Å²) >= 11 is 0. The van der Waals surface area contributed by atoms with E-state index < -0.39 is 12.1 Å². The van der Waals surface area contributed by atoms with Gasteiger partial charge in [0, 0.05) is 12.8 Å². The Morgan fingerprint density at radius 1 is 0.253 bits per heavy atom. The number of hydrogen-bond acceptors (Lipinski definition) is 6. The fourth-order valence-corrected chi connectivity index (χ4v) is 8.57. The summed E-state index contributed by atoms with van der Waals surface area (Å²) in [6.45, 7) is 6.20. The molecule has 0 saturated heterocycles. The van der Waals surface area contributed by atoms with Gasteiger partial charge in [0.15, 0.2) is 6.10 Å². The van der Waals surface area contributed by atoms with Gasteiger partial charge < -0.3 is 14.2 Å². The Morgan fingerprint density at radius 3 is 0.783 bits per heavy atom. The molecule has 1 atom stereocenters. The third-order valence-corrected chi connectivity index (χ3v) is 13.4. The predicted octanol–water partition coefficient (Wildman–Crippen LogP) is 23.2. The average molecular weight is 1140 g/mol. The van der Waals surface area contributed by atoms with Gasteiger partial charge in [-0.3, -0.25) is 14.4 Å². The number of rotatable bonds is 58. The lowest BCUT2D eigenvalue weighted by molar-refractivity contribution is -0.166. The predicted molar refractivity (Wildman–Crippen MR) is 361 cm³/mol. The Bertz CT molecular complexity index is 1940. The van der Waals surface area contributed by atoms with Crippen LogP contribution in [0.25, 0.3) is 0 Å². The van der Waals surface area contributed by atoms with Crippen molar-refractivity contribution >= 4 is 17.9 Å². The van der Waals surface area contributed by atoms with Crippen LogP contribution < -0.4 is 0 Å². The molecule has 0 rings (SSSR count). The molecule has 0 saturated carbocycles. The Morgan fingerprint density at radius 2 is 0.482 bits per heavy atom. The van der Waals surface area contributed by atoms with Crippen LogP contribution in [-0.4, -0.2) is 37.2 Å². The fourth-order valence-electron chi connectivity index (χ4n) is 8.57. The highest BCUT2D eigenvalue weighted by Gasteiger charge is 2.19. The van der Waals surface area contributed by atoms with E-state index in [1.807, 2.05) is 6.08 Å². The monoisotopic (exact) mass is 1140 g/mol. The van der Waals surface area contributed by atoms with E-state index in [1.165, 1.54) is 77.0 Å². The van der Waals surface area contributed by atoms with E-state index in [0.29, 0.717) is 12.8 Å². The second-order valence-corrected chi connectivity index (χ2v) is 21.2. The molecule has 0 aliphatic carbocycles. The van der Waals surface area contributed by atoms with Gasteiger partial charge in [0.25, 0.3) is 0 Å². The molecule has 6 nitrogen and oxygen atoms in total. The molecule has 83 heavy (non-hydrogen) atoms. The van der Waals surface area contributed by atoms with E-state index in [9.17, 15) is 14.4 Å². The van der Waals surface area contributed by atoms with Crippen molar-refractivity contribution in [2.45, 2.75) is 271 Å². The molecule has 0 heterocycles. The molecule has 0 fully saturated rings. The van der Waals surface area contributed by atoms with E-state index in [0.717, 1.165) is 148 Å². The molecule has 0 radical (unpaired) electrons. The first-order valence-corrected chi connectivity index (χ1v) is 33.3. The lowest BCUT2D eigenvalue weighted by Gasteiger charge is -2.18. The first-order chi connectivity index (χ1) is 41.0. The van der Waals surface area contributed by atoms with Crippen LogP contribution in [0.3, 0.4) is 0 Å². The third-order valence-electron chi connectivity index (χ3n) is 13.4. The topological polar surface area (TPSA) is 78.9 Å². The van der Waals surface area contributed by atoms with Crippen molar-refractivity contribution in [2.24, 2.45) is 0 Å². The number of hydrogen-bond donors (Lipinski definition) is 0. The summed E-state index contributed by atoms with van der Waals surface area (Å²) in [6, 6.07) is 0. The second-order valence-electron chi connectivity index (χ2n) is 21.2. The molecule has 6 heteroatoms. The maximum atomic E-state index is 12.9. The number of allylic oxidation sites excluding steroid dienone is 29.